The third kappa shape index (κ3) is 21.7. The van der Waals surface area contributed by atoms with Gasteiger partial charge in [-0.1, -0.05) is 113 Å². The zero-order valence-electron chi connectivity index (χ0n) is 65.7. The molecule has 596 valence electrons. The Hall–Kier alpha value is -5.99. The Morgan fingerprint density at radius 3 is 1.75 bits per heavy atom. The van der Waals surface area contributed by atoms with E-state index in [4.69, 9.17) is 23.2 Å². The Balaban J connectivity index is 1.48. The van der Waals surface area contributed by atoms with Crippen LogP contribution < -0.4 is 16.0 Å². The number of amides is 12. The minimum absolute atomic E-state index is 0.00324. The van der Waals surface area contributed by atoms with Gasteiger partial charge >= 0.3 is 6.18 Å². The van der Waals surface area contributed by atoms with E-state index in [2.05, 4.69) is 22.9 Å². The van der Waals surface area contributed by atoms with Crippen LogP contribution in [0, 0.1) is 47.3 Å². The van der Waals surface area contributed by atoms with E-state index in [0.717, 1.165) is 43.4 Å². The first-order chi connectivity index (χ1) is 49.1. The maximum atomic E-state index is 15.8. The van der Waals surface area contributed by atoms with Gasteiger partial charge in [-0.25, -0.2) is 0 Å². The van der Waals surface area contributed by atoms with Crippen LogP contribution in [0.4, 0.5) is 13.2 Å². The van der Waals surface area contributed by atoms with E-state index in [1.165, 1.54) is 110 Å². The van der Waals surface area contributed by atoms with Crippen LogP contribution in [-0.4, -0.2) is 268 Å². The third-order valence-electron chi connectivity index (χ3n) is 24.6. The molecular weight excluding hydrogens is 1400 g/mol. The predicted molar refractivity (Wildman–Crippen MR) is 395 cm³/mol. The zero-order chi connectivity index (χ0) is 78.6. The third-order valence-corrected chi connectivity index (χ3v) is 25.7. The maximum Gasteiger partial charge on any atom is 0.393 e. The molecule has 24 nitrogen and oxygen atoms in total. The summed E-state index contributed by atoms with van der Waals surface area (Å²) in [6.45, 7) is 14.1. The van der Waals surface area contributed by atoms with Crippen molar-refractivity contribution in [1.82, 2.24) is 60.0 Å². The van der Waals surface area contributed by atoms with Crippen LogP contribution in [-0.2, 0) is 57.5 Å². The van der Waals surface area contributed by atoms with Crippen molar-refractivity contribution in [2.24, 2.45) is 47.3 Å². The van der Waals surface area contributed by atoms with Crippen molar-refractivity contribution in [3.63, 3.8) is 0 Å². The summed E-state index contributed by atoms with van der Waals surface area (Å²) in [6, 6.07) is -11.3. The van der Waals surface area contributed by atoms with Crippen molar-refractivity contribution in [1.29, 1.82) is 0 Å². The number of carbonyl (C=O) groups is 12. The lowest BCUT2D eigenvalue weighted by atomic mass is 9.78. The smallest absolute Gasteiger partial charge is 0.347 e. The maximum absolute atomic E-state index is 15.8. The number of likely N-dealkylation sites (N-methyl/N-ethyl adjacent to an activating group) is 8. The Labute approximate surface area is 632 Å². The van der Waals surface area contributed by atoms with E-state index in [9.17, 15) is 46.7 Å². The summed E-state index contributed by atoms with van der Waals surface area (Å²) in [4.78, 5) is 193. The minimum Gasteiger partial charge on any atom is -0.347 e. The molecule has 6 aliphatic rings. The van der Waals surface area contributed by atoms with Gasteiger partial charge in [0.15, 0.2) is 0 Å². The highest BCUT2D eigenvalue weighted by atomic mass is 35.5. The van der Waals surface area contributed by atoms with Gasteiger partial charge in [0.2, 0.25) is 70.9 Å². The average molecular weight is 1530 g/mol. The molecule has 0 radical (unpaired) electrons. The van der Waals surface area contributed by atoms with Gasteiger partial charge in [-0.05, 0) is 132 Å². The van der Waals surface area contributed by atoms with Gasteiger partial charge in [0.25, 0.3) is 0 Å². The van der Waals surface area contributed by atoms with Crippen molar-refractivity contribution >= 4 is 94.1 Å². The normalized spacial score (nSPS) is 32.4. The van der Waals surface area contributed by atoms with E-state index >= 15 is 24.0 Å². The number of carbonyl (C=O) groups excluding carboxylic acids is 12. The molecule has 5 unspecified atom stereocenters. The first-order valence-electron chi connectivity index (χ1n) is 38.8. The van der Waals surface area contributed by atoms with Crippen LogP contribution in [0.15, 0.2) is 0 Å². The highest BCUT2D eigenvalue weighted by molar-refractivity contribution is 6.21. The number of hydrogen-bond donors (Lipinski definition) is 3. The lowest BCUT2D eigenvalue weighted by Crippen LogP contribution is -2.65. The van der Waals surface area contributed by atoms with Gasteiger partial charge in [-0.3, -0.25) is 57.5 Å². The molecular formula is C76H125Cl2F3N12O12. The van der Waals surface area contributed by atoms with E-state index in [-0.39, 0.29) is 94.9 Å². The van der Waals surface area contributed by atoms with Gasteiger partial charge in [0.1, 0.15) is 59.9 Å². The lowest BCUT2D eigenvalue weighted by Gasteiger charge is -2.45. The first-order valence-corrected chi connectivity index (χ1v) is 39.6. The highest BCUT2D eigenvalue weighted by Gasteiger charge is 2.52. The molecule has 6 rings (SSSR count). The molecule has 29 heteroatoms. The van der Waals surface area contributed by atoms with Crippen LogP contribution in [0.5, 0.6) is 0 Å². The summed E-state index contributed by atoms with van der Waals surface area (Å²) in [6.07, 6.45) is 3.46. The zero-order valence-corrected chi connectivity index (χ0v) is 67.2. The first kappa shape index (κ1) is 87.9. The van der Waals surface area contributed by atoms with Crippen molar-refractivity contribution in [2.45, 2.75) is 286 Å². The second-order valence-corrected chi connectivity index (χ2v) is 33.9. The topological polar surface area (TPSA) is 270 Å². The molecule has 12 amide bonds. The van der Waals surface area contributed by atoms with Gasteiger partial charge in [0, 0.05) is 80.7 Å². The van der Waals surface area contributed by atoms with E-state index in [0.29, 0.717) is 44.4 Å². The quantitative estimate of drug-likeness (QED) is 0.141. The Morgan fingerprint density at radius 1 is 0.600 bits per heavy atom. The SMILES string of the molecule is CC[C@H](C)[C@@H]1NC(=O)[C@H](CC(C)C)N(C)C(=O)C[C@@H](C(=O)N(C)C)N(C)C(=O)[C@H]([C@@H](C)CC)N(C)C(=O)C2(CCCC2)NC(=O)[C@H](CC2CCCCC2Cl)N(C)C(=O)[C@H](CCC2CCC(C(F)(F)F)C(Cl)C2)NC(=O)CN(C)C(=O)[C@H](CC2CCC(C)CC2)N(C)C(=O)[C@@H]2CCN2C(=O)[C@H](C)N(C)C1=O. The number of nitrogens with one attached hydrogen (secondary N) is 3. The van der Waals surface area contributed by atoms with Gasteiger partial charge in [-0.2, -0.15) is 13.2 Å². The molecule has 2 heterocycles. The molecule has 0 bridgehead atoms. The molecule has 2 saturated heterocycles. The predicted octanol–water partition coefficient (Wildman–Crippen LogP) is 7.83. The molecule has 0 aromatic heterocycles. The fraction of sp³-hybridized carbons (Fsp3) is 0.842. The molecule has 1 spiro atoms. The van der Waals surface area contributed by atoms with Gasteiger partial charge < -0.3 is 60.0 Å². The van der Waals surface area contributed by atoms with Crippen molar-refractivity contribution in [3.05, 3.63) is 0 Å². The molecule has 105 heavy (non-hydrogen) atoms. The van der Waals surface area contributed by atoms with Gasteiger partial charge in [-0.15, -0.1) is 23.2 Å². The second-order valence-electron chi connectivity index (χ2n) is 32.7. The summed E-state index contributed by atoms with van der Waals surface area (Å²) >= 11 is 13.5. The van der Waals surface area contributed by atoms with Gasteiger partial charge in [0.05, 0.1) is 18.9 Å². The van der Waals surface area contributed by atoms with Crippen molar-refractivity contribution < 1.29 is 70.7 Å². The number of rotatable bonds is 14. The highest BCUT2D eigenvalue weighted by Crippen LogP contribution is 2.44. The molecule has 0 aromatic rings. The number of fused-ring (bicyclic) bond motifs is 1. The molecule has 0 aromatic carbocycles. The fourth-order valence-electron chi connectivity index (χ4n) is 16.8. The van der Waals surface area contributed by atoms with E-state index in [1.54, 1.807) is 13.8 Å². The molecule has 4 aliphatic carbocycles. The van der Waals surface area contributed by atoms with Crippen LogP contribution in [0.1, 0.15) is 209 Å². The number of alkyl halides is 5. The van der Waals surface area contributed by atoms with E-state index in [1.807, 2.05) is 27.7 Å². The van der Waals surface area contributed by atoms with Crippen LogP contribution >= 0.6 is 23.2 Å². The summed E-state index contributed by atoms with van der Waals surface area (Å²) in [5.74, 6) is -11.2. The summed E-state index contributed by atoms with van der Waals surface area (Å²) in [5.41, 5.74) is -1.64. The summed E-state index contributed by atoms with van der Waals surface area (Å²) < 4.78 is 42.4. The molecule has 3 N–H and O–H groups in total. The average Bonchev–Trinajstić information content (AvgIpc) is 1.73. The van der Waals surface area contributed by atoms with E-state index < -0.39 is 184 Å². The lowest BCUT2D eigenvalue weighted by molar-refractivity contribution is -0.182. The molecule has 4 saturated carbocycles. The molecule has 6 fully saturated rings. The standard InChI is InChI=1S/C76H125Cl2F3N12O12/c1-18-46(6)63-72(103)87(12)48(8)67(98)93-37-34-56(93)71(102)90(15)59(40-50-28-26-45(5)27-29-50)70(101)86(11)43-61(94)82-55(33-31-49-30-32-52(54(78)39-49)76(79,80)81)68(99)89(14)58(41-51-24-20-21-25-53(51)77)66(97)84-75(35-22-23-36-75)74(105)92(17)64(47(7)19-2)73(104)91(16)60(69(100)85(9)10)42-62(95)88(13)57(38-44(3)4)65(96)83-63/h44-60,63-64H,18-43H2,1-17H3,(H,82,94)(H,83,96)(H,84,97)/t45?,46-,47-,48-,49?,50?,51?,52?,53?,54?,55-,56-,57-,58-,59-,60-,63-,64-/m0/s1. The Kier molecular flexibility index (Phi) is 32.1. The fourth-order valence-corrected chi connectivity index (χ4v) is 17.7. The van der Waals surface area contributed by atoms with Crippen molar-refractivity contribution in [3.8, 4) is 0 Å². The number of halogens is 5. The van der Waals surface area contributed by atoms with Crippen LogP contribution in [0.3, 0.4) is 0 Å². The monoisotopic (exact) mass is 1520 g/mol. The van der Waals surface area contributed by atoms with Crippen LogP contribution in [0.25, 0.3) is 0 Å². The van der Waals surface area contributed by atoms with Crippen molar-refractivity contribution in [2.75, 3.05) is 76.5 Å². The number of nitrogens with zero attached hydrogens (tertiary/aromatic N) is 9. The minimum atomic E-state index is -4.53. The Morgan fingerprint density at radius 2 is 1.20 bits per heavy atom. The largest absolute Gasteiger partial charge is 0.393 e. The summed E-state index contributed by atoms with van der Waals surface area (Å²) in [7, 11) is 13.0. The molecule has 16 atom stereocenters. The van der Waals surface area contributed by atoms with Crippen LogP contribution in [0.2, 0.25) is 0 Å². The molecule has 2 aliphatic heterocycles. The Bertz CT molecular complexity index is 3060. The second kappa shape index (κ2) is 38.4. The number of hydrogen-bond acceptors (Lipinski definition) is 12. The summed E-state index contributed by atoms with van der Waals surface area (Å²) in [5, 5.41) is 7.25.